The number of carbonyl (C=O) groups is 1. The van der Waals surface area contributed by atoms with Gasteiger partial charge in [0.2, 0.25) is 0 Å². The van der Waals surface area contributed by atoms with E-state index in [9.17, 15) is 4.79 Å². The lowest BCUT2D eigenvalue weighted by atomic mass is 9.93. The summed E-state index contributed by atoms with van der Waals surface area (Å²) in [5.41, 5.74) is 1.18. The number of rotatable bonds is 4. The van der Waals surface area contributed by atoms with Gasteiger partial charge >= 0.3 is 5.97 Å². The molecule has 3 heteroatoms. The van der Waals surface area contributed by atoms with Gasteiger partial charge in [-0.15, -0.1) is 0 Å². The van der Waals surface area contributed by atoms with E-state index < -0.39 is 0 Å². The van der Waals surface area contributed by atoms with Crippen molar-refractivity contribution < 1.29 is 14.3 Å². The Morgan fingerprint density at radius 2 is 2.06 bits per heavy atom. The molecule has 0 radical (unpaired) electrons. The second-order valence-electron chi connectivity index (χ2n) is 4.87. The van der Waals surface area contributed by atoms with Crippen molar-refractivity contribution in [2.45, 2.75) is 19.1 Å². The minimum absolute atomic E-state index is 0.0113. The molecule has 94 valence electrons. The first-order valence-electron chi connectivity index (χ1n) is 6.32. The highest BCUT2D eigenvalue weighted by Gasteiger charge is 2.41. The number of hydrogen-bond donors (Lipinski definition) is 0. The van der Waals surface area contributed by atoms with Crippen LogP contribution in [-0.4, -0.2) is 18.7 Å². The van der Waals surface area contributed by atoms with Gasteiger partial charge in [0.15, 0.2) is 0 Å². The normalized spacial score (nSPS) is 29.3. The monoisotopic (exact) mass is 244 g/mol. The number of ether oxygens (including phenoxy) is 2. The molecule has 0 bridgehead atoms. The van der Waals surface area contributed by atoms with Crippen molar-refractivity contribution in [3.05, 3.63) is 48.0 Å². The third-order valence-electron chi connectivity index (χ3n) is 3.61. The number of hydrogen-bond acceptors (Lipinski definition) is 3. The molecular formula is C15H16O3. The third kappa shape index (κ3) is 2.31. The van der Waals surface area contributed by atoms with Crippen LogP contribution >= 0.6 is 0 Å². The summed E-state index contributed by atoms with van der Waals surface area (Å²) < 4.78 is 10.9. The van der Waals surface area contributed by atoms with Crippen molar-refractivity contribution in [1.82, 2.24) is 0 Å². The first kappa shape index (κ1) is 11.5. The Kier molecular flexibility index (Phi) is 3.15. The van der Waals surface area contributed by atoms with E-state index in [4.69, 9.17) is 9.47 Å². The molecule has 1 fully saturated rings. The van der Waals surface area contributed by atoms with E-state index >= 15 is 0 Å². The lowest BCUT2D eigenvalue weighted by Gasteiger charge is -2.16. The van der Waals surface area contributed by atoms with Gasteiger partial charge in [0, 0.05) is 11.8 Å². The minimum atomic E-state index is -0.0811. The zero-order valence-electron chi connectivity index (χ0n) is 10.1. The van der Waals surface area contributed by atoms with E-state index in [2.05, 4.69) is 18.2 Å². The molecule has 3 rings (SSSR count). The van der Waals surface area contributed by atoms with Crippen molar-refractivity contribution in [3.8, 4) is 0 Å². The Morgan fingerprint density at radius 3 is 2.89 bits per heavy atom. The van der Waals surface area contributed by atoms with Crippen molar-refractivity contribution in [3.63, 3.8) is 0 Å². The first-order valence-corrected chi connectivity index (χ1v) is 6.32. The Hall–Kier alpha value is -1.61. The SMILES string of the molecule is O=C1C[C@@H]2C(COCc3ccccc3)C=C[C@@H]2O1. The van der Waals surface area contributed by atoms with Gasteiger partial charge in [-0.05, 0) is 11.6 Å². The molecule has 1 aliphatic carbocycles. The van der Waals surface area contributed by atoms with Crippen LogP contribution < -0.4 is 0 Å². The molecule has 0 spiro atoms. The fourth-order valence-corrected chi connectivity index (χ4v) is 2.63. The number of carbonyl (C=O) groups excluding carboxylic acids is 1. The standard InChI is InChI=1S/C15H16O3/c16-15-8-13-12(6-7-14(13)18-15)10-17-9-11-4-2-1-3-5-11/h1-7,12-14H,8-10H2/t12?,13-,14+/m1/s1. The molecule has 0 amide bonds. The number of benzene rings is 1. The van der Waals surface area contributed by atoms with E-state index in [1.165, 1.54) is 5.56 Å². The Balaban J connectivity index is 1.50. The third-order valence-corrected chi connectivity index (χ3v) is 3.61. The number of esters is 1. The van der Waals surface area contributed by atoms with Crippen LogP contribution in [0.25, 0.3) is 0 Å². The highest BCUT2D eigenvalue weighted by Crippen LogP contribution is 2.36. The fourth-order valence-electron chi connectivity index (χ4n) is 2.63. The molecule has 1 unspecified atom stereocenters. The van der Waals surface area contributed by atoms with Crippen LogP contribution in [0.3, 0.4) is 0 Å². The summed E-state index contributed by atoms with van der Waals surface area (Å²) in [5.74, 6) is 0.515. The Labute approximate surface area is 106 Å². The van der Waals surface area contributed by atoms with Crippen LogP contribution in [0, 0.1) is 11.8 Å². The second-order valence-corrected chi connectivity index (χ2v) is 4.87. The quantitative estimate of drug-likeness (QED) is 0.602. The van der Waals surface area contributed by atoms with Gasteiger partial charge in [-0.1, -0.05) is 36.4 Å². The second kappa shape index (κ2) is 4.94. The lowest BCUT2D eigenvalue weighted by molar-refractivity contribution is -0.140. The van der Waals surface area contributed by atoms with Crippen molar-refractivity contribution in [1.29, 1.82) is 0 Å². The molecule has 1 aliphatic heterocycles. The highest BCUT2D eigenvalue weighted by molar-refractivity contribution is 5.73. The molecule has 1 heterocycles. The van der Waals surface area contributed by atoms with E-state index in [0.29, 0.717) is 25.6 Å². The van der Waals surface area contributed by atoms with Gasteiger partial charge in [-0.3, -0.25) is 4.79 Å². The summed E-state index contributed by atoms with van der Waals surface area (Å²) in [6.45, 7) is 1.28. The van der Waals surface area contributed by atoms with Gasteiger partial charge in [-0.2, -0.15) is 0 Å². The summed E-state index contributed by atoms with van der Waals surface area (Å²) in [6.07, 6.45) is 4.62. The molecule has 2 aliphatic rings. The molecule has 0 N–H and O–H groups in total. The van der Waals surface area contributed by atoms with Crippen LogP contribution in [0.2, 0.25) is 0 Å². The maximum absolute atomic E-state index is 11.2. The zero-order valence-corrected chi connectivity index (χ0v) is 10.1. The summed E-state index contributed by atoms with van der Waals surface area (Å²) in [7, 11) is 0. The average molecular weight is 244 g/mol. The predicted molar refractivity (Wildman–Crippen MR) is 66.7 cm³/mol. The highest BCUT2D eigenvalue weighted by atomic mass is 16.6. The van der Waals surface area contributed by atoms with Crippen LogP contribution in [0.1, 0.15) is 12.0 Å². The predicted octanol–water partition coefficient (Wildman–Crippen LogP) is 2.32. The average Bonchev–Trinajstić information content (AvgIpc) is 2.91. The maximum Gasteiger partial charge on any atom is 0.306 e. The van der Waals surface area contributed by atoms with E-state index in [-0.39, 0.29) is 18.0 Å². The van der Waals surface area contributed by atoms with Crippen molar-refractivity contribution in [2.75, 3.05) is 6.61 Å². The van der Waals surface area contributed by atoms with Gasteiger partial charge < -0.3 is 9.47 Å². The topological polar surface area (TPSA) is 35.5 Å². The van der Waals surface area contributed by atoms with Gasteiger partial charge in [0.25, 0.3) is 0 Å². The molecule has 1 saturated heterocycles. The largest absolute Gasteiger partial charge is 0.458 e. The Bertz CT molecular complexity index is 452. The summed E-state index contributed by atoms with van der Waals surface area (Å²) in [4.78, 5) is 11.2. The molecular weight excluding hydrogens is 228 g/mol. The lowest BCUT2D eigenvalue weighted by Crippen LogP contribution is -2.19. The number of fused-ring (bicyclic) bond motifs is 1. The summed E-state index contributed by atoms with van der Waals surface area (Å²) >= 11 is 0. The van der Waals surface area contributed by atoms with Crippen LogP contribution in [0.4, 0.5) is 0 Å². The van der Waals surface area contributed by atoms with Gasteiger partial charge in [0.1, 0.15) is 6.10 Å². The van der Waals surface area contributed by atoms with Crippen molar-refractivity contribution >= 4 is 5.97 Å². The van der Waals surface area contributed by atoms with Crippen molar-refractivity contribution in [2.24, 2.45) is 11.8 Å². The summed E-state index contributed by atoms with van der Waals surface area (Å²) in [5, 5.41) is 0. The fraction of sp³-hybridized carbons (Fsp3) is 0.400. The van der Waals surface area contributed by atoms with Crippen LogP contribution in [0.15, 0.2) is 42.5 Å². The molecule has 18 heavy (non-hydrogen) atoms. The molecule has 3 nitrogen and oxygen atoms in total. The maximum atomic E-state index is 11.2. The van der Waals surface area contributed by atoms with Crippen LogP contribution in [0.5, 0.6) is 0 Å². The van der Waals surface area contributed by atoms with Gasteiger partial charge in [0.05, 0.1) is 19.6 Å². The smallest absolute Gasteiger partial charge is 0.306 e. The van der Waals surface area contributed by atoms with E-state index in [1.807, 2.05) is 24.3 Å². The molecule has 0 saturated carbocycles. The van der Waals surface area contributed by atoms with Gasteiger partial charge in [-0.25, -0.2) is 0 Å². The summed E-state index contributed by atoms with van der Waals surface area (Å²) in [6, 6.07) is 10.1. The molecule has 1 aromatic rings. The minimum Gasteiger partial charge on any atom is -0.458 e. The first-order chi connectivity index (χ1) is 8.83. The van der Waals surface area contributed by atoms with Crippen LogP contribution in [-0.2, 0) is 20.9 Å². The Morgan fingerprint density at radius 1 is 1.22 bits per heavy atom. The van der Waals surface area contributed by atoms with E-state index in [0.717, 1.165) is 0 Å². The molecule has 0 aromatic heterocycles. The molecule has 1 aromatic carbocycles. The molecule has 3 atom stereocenters. The van der Waals surface area contributed by atoms with E-state index in [1.54, 1.807) is 0 Å². The zero-order chi connectivity index (χ0) is 12.4.